The molecule has 0 amide bonds. The molecule has 1 heterocycles. The summed E-state index contributed by atoms with van der Waals surface area (Å²) < 4.78 is 29.2. The predicted octanol–water partition coefficient (Wildman–Crippen LogP) is 3.63. The van der Waals surface area contributed by atoms with E-state index in [1.165, 1.54) is 12.1 Å². The van der Waals surface area contributed by atoms with Crippen LogP contribution in [0, 0.1) is 0 Å². The number of halogens is 2. The number of hydrogen-bond acceptors (Lipinski definition) is 2. The highest BCUT2D eigenvalue weighted by molar-refractivity contribution is 5.20. The molecule has 1 aliphatic heterocycles. The maximum atomic E-state index is 14.6. The zero-order chi connectivity index (χ0) is 15.5. The summed E-state index contributed by atoms with van der Waals surface area (Å²) in [6.07, 6.45) is 1.77. The molecule has 0 bridgehead atoms. The van der Waals surface area contributed by atoms with Crippen LogP contribution in [0.25, 0.3) is 0 Å². The molecule has 1 aromatic carbocycles. The van der Waals surface area contributed by atoms with Crippen LogP contribution in [0.2, 0.25) is 0 Å². The topological polar surface area (TPSA) is 15.3 Å². The van der Waals surface area contributed by atoms with E-state index >= 15 is 0 Å². The summed E-state index contributed by atoms with van der Waals surface area (Å²) in [6, 6.07) is 8.42. The molecule has 1 aromatic rings. The largest absolute Gasteiger partial charge is 0.311 e. The summed E-state index contributed by atoms with van der Waals surface area (Å²) in [5.74, 6) is -2.81. The van der Waals surface area contributed by atoms with E-state index in [2.05, 4.69) is 26.1 Å². The van der Waals surface area contributed by atoms with Gasteiger partial charge in [0.25, 0.3) is 5.92 Å². The second-order valence-electron chi connectivity index (χ2n) is 6.16. The molecule has 21 heavy (non-hydrogen) atoms. The lowest BCUT2D eigenvalue weighted by molar-refractivity contribution is -0.0821. The fraction of sp³-hybridized carbons (Fsp3) is 0.647. The standard InChI is InChI=1S/C17H26F2N2/c1-4-16(5-2)12-20-14(3)11-21(16)13-17(18,19)15-9-7-6-8-10-15/h6-10,14,20H,4-5,11-13H2,1-3H3. The van der Waals surface area contributed by atoms with E-state index in [1.54, 1.807) is 18.2 Å². The zero-order valence-corrected chi connectivity index (χ0v) is 13.2. The fourth-order valence-electron chi connectivity index (χ4n) is 3.26. The van der Waals surface area contributed by atoms with E-state index in [1.807, 2.05) is 4.90 Å². The summed E-state index contributed by atoms with van der Waals surface area (Å²) >= 11 is 0. The van der Waals surface area contributed by atoms with Crippen LogP contribution >= 0.6 is 0 Å². The molecule has 0 spiro atoms. The maximum absolute atomic E-state index is 14.6. The minimum Gasteiger partial charge on any atom is -0.311 e. The molecule has 1 atom stereocenters. The molecule has 2 rings (SSSR count). The Balaban J connectivity index is 2.21. The van der Waals surface area contributed by atoms with Gasteiger partial charge in [-0.1, -0.05) is 44.2 Å². The highest BCUT2D eigenvalue weighted by atomic mass is 19.3. The minimum absolute atomic E-state index is 0.109. The number of nitrogens with one attached hydrogen (secondary N) is 1. The lowest BCUT2D eigenvalue weighted by atomic mass is 9.86. The Labute approximate surface area is 126 Å². The summed E-state index contributed by atoms with van der Waals surface area (Å²) in [6.45, 7) is 7.49. The number of piperazine rings is 1. The quantitative estimate of drug-likeness (QED) is 0.892. The first kappa shape index (κ1) is 16.4. The number of nitrogens with zero attached hydrogens (tertiary/aromatic N) is 1. The minimum atomic E-state index is -2.81. The van der Waals surface area contributed by atoms with Crippen LogP contribution in [0.3, 0.4) is 0 Å². The van der Waals surface area contributed by atoms with Gasteiger partial charge < -0.3 is 5.32 Å². The SMILES string of the molecule is CCC1(CC)CNC(C)CN1CC(F)(F)c1ccccc1. The third kappa shape index (κ3) is 3.43. The Morgan fingerprint density at radius 2 is 1.86 bits per heavy atom. The van der Waals surface area contributed by atoms with Gasteiger partial charge in [-0.3, -0.25) is 4.90 Å². The molecule has 1 aliphatic rings. The molecular weight excluding hydrogens is 270 g/mol. The molecule has 1 unspecified atom stereocenters. The number of hydrogen-bond donors (Lipinski definition) is 1. The molecule has 1 saturated heterocycles. The van der Waals surface area contributed by atoms with E-state index in [4.69, 9.17) is 0 Å². The average molecular weight is 296 g/mol. The highest BCUT2D eigenvalue weighted by Gasteiger charge is 2.43. The van der Waals surface area contributed by atoms with Crippen LogP contribution in [-0.2, 0) is 5.92 Å². The van der Waals surface area contributed by atoms with Gasteiger partial charge in [0, 0.05) is 30.2 Å². The highest BCUT2D eigenvalue weighted by Crippen LogP contribution is 2.34. The molecule has 0 aromatic heterocycles. The van der Waals surface area contributed by atoms with Crippen molar-refractivity contribution in [3.05, 3.63) is 35.9 Å². The van der Waals surface area contributed by atoms with E-state index < -0.39 is 5.92 Å². The van der Waals surface area contributed by atoms with Gasteiger partial charge in [0.15, 0.2) is 0 Å². The van der Waals surface area contributed by atoms with Crippen LogP contribution in [0.5, 0.6) is 0 Å². The molecule has 1 fully saturated rings. The van der Waals surface area contributed by atoms with E-state index in [9.17, 15) is 8.78 Å². The summed E-state index contributed by atoms with van der Waals surface area (Å²) in [5, 5.41) is 3.44. The molecular formula is C17H26F2N2. The van der Waals surface area contributed by atoms with Gasteiger partial charge in [-0.2, -0.15) is 8.78 Å². The fourth-order valence-corrected chi connectivity index (χ4v) is 3.26. The third-order valence-electron chi connectivity index (χ3n) is 4.85. The average Bonchev–Trinajstić information content (AvgIpc) is 2.49. The molecule has 0 aliphatic carbocycles. The first-order valence-corrected chi connectivity index (χ1v) is 7.85. The normalized spacial score (nSPS) is 23.2. The molecule has 2 nitrogen and oxygen atoms in total. The van der Waals surface area contributed by atoms with Gasteiger partial charge in [-0.15, -0.1) is 0 Å². The van der Waals surface area contributed by atoms with E-state index in [-0.39, 0.29) is 23.7 Å². The lowest BCUT2D eigenvalue weighted by Gasteiger charge is -2.50. The van der Waals surface area contributed by atoms with Gasteiger partial charge in [0.05, 0.1) is 6.54 Å². The van der Waals surface area contributed by atoms with Crippen LogP contribution in [-0.4, -0.2) is 36.1 Å². The van der Waals surface area contributed by atoms with Gasteiger partial charge in [0.2, 0.25) is 0 Å². The summed E-state index contributed by atoms with van der Waals surface area (Å²) in [4.78, 5) is 2.00. The number of rotatable bonds is 5. The maximum Gasteiger partial charge on any atom is 0.285 e. The number of benzene rings is 1. The van der Waals surface area contributed by atoms with E-state index in [0.29, 0.717) is 6.54 Å². The molecule has 0 radical (unpaired) electrons. The van der Waals surface area contributed by atoms with Crippen molar-refractivity contribution in [2.24, 2.45) is 0 Å². The zero-order valence-electron chi connectivity index (χ0n) is 13.2. The van der Waals surface area contributed by atoms with Gasteiger partial charge in [-0.05, 0) is 19.8 Å². The van der Waals surface area contributed by atoms with Crippen molar-refractivity contribution in [2.75, 3.05) is 19.6 Å². The lowest BCUT2D eigenvalue weighted by Crippen LogP contribution is -2.65. The van der Waals surface area contributed by atoms with E-state index in [0.717, 1.165) is 19.4 Å². The Morgan fingerprint density at radius 1 is 1.24 bits per heavy atom. The third-order valence-corrected chi connectivity index (χ3v) is 4.85. The van der Waals surface area contributed by atoms with Gasteiger partial charge in [-0.25, -0.2) is 0 Å². The van der Waals surface area contributed by atoms with Crippen LogP contribution in [0.15, 0.2) is 30.3 Å². The summed E-state index contributed by atoms with van der Waals surface area (Å²) in [5.41, 5.74) is -0.0534. The van der Waals surface area contributed by atoms with Crippen molar-refractivity contribution in [2.45, 2.75) is 51.1 Å². The molecule has 0 saturated carbocycles. The van der Waals surface area contributed by atoms with Crippen molar-refractivity contribution < 1.29 is 8.78 Å². The van der Waals surface area contributed by atoms with Crippen molar-refractivity contribution in [1.82, 2.24) is 10.2 Å². The summed E-state index contributed by atoms with van der Waals surface area (Å²) in [7, 11) is 0. The van der Waals surface area contributed by atoms with Crippen molar-refractivity contribution >= 4 is 0 Å². The van der Waals surface area contributed by atoms with Crippen LogP contribution in [0.4, 0.5) is 8.78 Å². The van der Waals surface area contributed by atoms with Gasteiger partial charge >= 0.3 is 0 Å². The van der Waals surface area contributed by atoms with Crippen molar-refractivity contribution in [1.29, 1.82) is 0 Å². The molecule has 1 N–H and O–H groups in total. The van der Waals surface area contributed by atoms with Crippen LogP contribution in [0.1, 0.15) is 39.2 Å². The second-order valence-corrected chi connectivity index (χ2v) is 6.16. The molecule has 4 heteroatoms. The number of alkyl halides is 2. The Morgan fingerprint density at radius 3 is 2.43 bits per heavy atom. The Hall–Kier alpha value is -1.00. The first-order valence-electron chi connectivity index (χ1n) is 7.85. The Bertz CT molecular complexity index is 443. The molecule has 118 valence electrons. The predicted molar refractivity (Wildman–Crippen MR) is 82.7 cm³/mol. The van der Waals surface area contributed by atoms with Crippen molar-refractivity contribution in [3.8, 4) is 0 Å². The Kier molecular flexibility index (Phi) is 4.99. The first-order chi connectivity index (χ1) is 9.93. The monoisotopic (exact) mass is 296 g/mol. The van der Waals surface area contributed by atoms with Crippen LogP contribution < -0.4 is 5.32 Å². The smallest absolute Gasteiger partial charge is 0.285 e. The van der Waals surface area contributed by atoms with Gasteiger partial charge in [0.1, 0.15) is 0 Å². The second kappa shape index (κ2) is 6.41. The van der Waals surface area contributed by atoms with Crippen molar-refractivity contribution in [3.63, 3.8) is 0 Å².